The minimum absolute atomic E-state index is 0.107. The molecule has 0 amide bonds. The highest BCUT2D eigenvalue weighted by atomic mass is 32.1. The van der Waals surface area contributed by atoms with Gasteiger partial charge in [-0.25, -0.2) is 0 Å². The lowest BCUT2D eigenvalue weighted by atomic mass is 10.1. The number of benzene rings is 1. The van der Waals surface area contributed by atoms with E-state index in [0.717, 1.165) is 0 Å². The average molecular weight is 279 g/mol. The van der Waals surface area contributed by atoms with E-state index in [1.165, 1.54) is 5.56 Å². The Labute approximate surface area is 116 Å². The molecule has 1 unspecified atom stereocenters. The topological polar surface area (TPSA) is 65.7 Å². The summed E-state index contributed by atoms with van der Waals surface area (Å²) >= 11 is 9.86. The molecule has 1 aliphatic heterocycles. The van der Waals surface area contributed by atoms with Gasteiger partial charge < -0.3 is 10.6 Å². The van der Waals surface area contributed by atoms with Crippen LogP contribution in [-0.2, 0) is 0 Å². The number of hydrogen-bond donors (Lipinski definition) is 3. The van der Waals surface area contributed by atoms with Gasteiger partial charge in [0.2, 0.25) is 0 Å². The van der Waals surface area contributed by atoms with E-state index in [0.29, 0.717) is 11.7 Å². The number of nitrogens with two attached hydrogens (primary N) is 1. The summed E-state index contributed by atoms with van der Waals surface area (Å²) in [6.45, 7) is 0.703. The molecule has 1 atom stereocenters. The van der Waals surface area contributed by atoms with E-state index < -0.39 is 0 Å². The highest BCUT2D eigenvalue weighted by Gasteiger charge is 2.21. The Balaban J connectivity index is 1.91. The van der Waals surface area contributed by atoms with Crippen molar-refractivity contribution in [3.05, 3.63) is 35.9 Å². The van der Waals surface area contributed by atoms with Gasteiger partial charge in [-0.1, -0.05) is 30.3 Å². The van der Waals surface area contributed by atoms with Crippen LogP contribution in [0.25, 0.3) is 0 Å². The minimum Gasteiger partial charge on any atom is -0.375 e. The summed E-state index contributed by atoms with van der Waals surface area (Å²) in [6, 6.07) is 10.2. The molecule has 1 aromatic rings. The second kappa shape index (κ2) is 5.74. The SMILES string of the molecule is NC(=S)NNC(=S)N1C=NC(c2ccccc2)C1. The molecule has 18 heavy (non-hydrogen) atoms. The van der Waals surface area contributed by atoms with Crippen molar-refractivity contribution in [1.82, 2.24) is 15.8 Å². The largest absolute Gasteiger partial charge is 0.375 e. The van der Waals surface area contributed by atoms with Crippen molar-refractivity contribution in [2.45, 2.75) is 6.04 Å². The van der Waals surface area contributed by atoms with E-state index in [2.05, 4.69) is 40.2 Å². The van der Waals surface area contributed by atoms with Crippen molar-refractivity contribution in [3.8, 4) is 0 Å². The molecule has 94 valence electrons. The lowest BCUT2D eigenvalue weighted by Crippen LogP contribution is -2.49. The number of hydrogen-bond acceptors (Lipinski definition) is 3. The first-order valence-corrected chi connectivity index (χ1v) is 6.19. The number of aliphatic imine (C=N–C) groups is 1. The summed E-state index contributed by atoms with van der Waals surface area (Å²) in [5.41, 5.74) is 11.8. The molecular weight excluding hydrogens is 266 g/mol. The zero-order valence-corrected chi connectivity index (χ0v) is 11.2. The first kappa shape index (κ1) is 12.7. The fourth-order valence-corrected chi connectivity index (χ4v) is 1.85. The molecule has 0 aliphatic carbocycles. The Morgan fingerprint density at radius 3 is 2.67 bits per heavy atom. The van der Waals surface area contributed by atoms with Gasteiger partial charge in [-0.15, -0.1) is 0 Å². The number of rotatable bonds is 1. The van der Waals surface area contributed by atoms with Gasteiger partial charge in [0.1, 0.15) is 0 Å². The maximum atomic E-state index is 5.30. The predicted molar refractivity (Wildman–Crippen MR) is 80.0 cm³/mol. The summed E-state index contributed by atoms with van der Waals surface area (Å²) in [5, 5.41) is 0.637. The Morgan fingerprint density at radius 1 is 1.28 bits per heavy atom. The van der Waals surface area contributed by atoms with Crippen LogP contribution in [0.1, 0.15) is 11.6 Å². The first-order valence-electron chi connectivity index (χ1n) is 5.37. The lowest BCUT2D eigenvalue weighted by molar-refractivity contribution is 0.579. The molecule has 0 aromatic heterocycles. The van der Waals surface area contributed by atoms with Crippen LogP contribution >= 0.6 is 24.4 Å². The van der Waals surface area contributed by atoms with Crippen LogP contribution in [0, 0.1) is 0 Å². The summed E-state index contributed by atoms with van der Waals surface area (Å²) < 4.78 is 0. The van der Waals surface area contributed by atoms with Crippen molar-refractivity contribution < 1.29 is 0 Å². The van der Waals surface area contributed by atoms with Crippen LogP contribution in [-0.4, -0.2) is 28.0 Å². The van der Waals surface area contributed by atoms with Crippen LogP contribution < -0.4 is 16.6 Å². The number of nitrogens with one attached hydrogen (secondary N) is 2. The number of thiocarbonyl (C=S) groups is 2. The third-order valence-electron chi connectivity index (χ3n) is 2.49. The van der Waals surface area contributed by atoms with Crippen molar-refractivity contribution in [3.63, 3.8) is 0 Å². The van der Waals surface area contributed by atoms with E-state index in [1.807, 2.05) is 23.1 Å². The van der Waals surface area contributed by atoms with Crippen LogP contribution in [0.5, 0.6) is 0 Å². The molecule has 0 saturated carbocycles. The standard InChI is InChI=1S/C11H13N5S2/c12-10(17)14-15-11(18)16-6-9(13-7-16)8-4-2-1-3-5-8/h1-5,7,9H,6H2,(H,15,18)(H3,12,14,17). The molecule has 4 N–H and O–H groups in total. The van der Waals surface area contributed by atoms with Gasteiger partial charge in [0, 0.05) is 0 Å². The second-order valence-corrected chi connectivity index (χ2v) is 4.59. The molecule has 1 aliphatic rings. The fraction of sp³-hybridized carbons (Fsp3) is 0.182. The van der Waals surface area contributed by atoms with Crippen molar-refractivity contribution >= 4 is 41.0 Å². The van der Waals surface area contributed by atoms with Gasteiger partial charge in [0.15, 0.2) is 10.2 Å². The van der Waals surface area contributed by atoms with Crippen molar-refractivity contribution in [1.29, 1.82) is 0 Å². The summed E-state index contributed by atoms with van der Waals surface area (Å²) in [7, 11) is 0. The summed E-state index contributed by atoms with van der Waals surface area (Å²) in [5.74, 6) is 0. The van der Waals surface area contributed by atoms with Gasteiger partial charge in [0.25, 0.3) is 0 Å². The monoisotopic (exact) mass is 279 g/mol. The third-order valence-corrected chi connectivity index (χ3v) is 2.93. The Kier molecular flexibility index (Phi) is 4.06. The van der Waals surface area contributed by atoms with Crippen molar-refractivity contribution in [2.24, 2.45) is 10.7 Å². The van der Waals surface area contributed by atoms with E-state index in [9.17, 15) is 0 Å². The van der Waals surface area contributed by atoms with Crippen LogP contribution in [0.3, 0.4) is 0 Å². The molecule has 1 aromatic carbocycles. The highest BCUT2D eigenvalue weighted by Crippen LogP contribution is 2.21. The molecule has 7 heteroatoms. The molecule has 1 heterocycles. The van der Waals surface area contributed by atoms with Gasteiger partial charge in [0.05, 0.1) is 18.9 Å². The molecule has 0 saturated heterocycles. The molecule has 0 bridgehead atoms. The molecular formula is C11H13N5S2. The number of hydrazine groups is 1. The number of nitrogens with zero attached hydrogens (tertiary/aromatic N) is 2. The fourth-order valence-electron chi connectivity index (χ4n) is 1.63. The Hall–Kier alpha value is -1.73. The summed E-state index contributed by atoms with van der Waals surface area (Å²) in [6.07, 6.45) is 1.72. The van der Waals surface area contributed by atoms with E-state index in [4.69, 9.17) is 18.0 Å². The van der Waals surface area contributed by atoms with Gasteiger partial charge >= 0.3 is 0 Å². The normalized spacial score (nSPS) is 17.6. The predicted octanol–water partition coefficient (Wildman–Crippen LogP) is 0.694. The van der Waals surface area contributed by atoms with Crippen molar-refractivity contribution in [2.75, 3.05) is 6.54 Å². The van der Waals surface area contributed by atoms with E-state index in [-0.39, 0.29) is 11.2 Å². The van der Waals surface area contributed by atoms with Crippen LogP contribution in [0.2, 0.25) is 0 Å². The van der Waals surface area contributed by atoms with E-state index in [1.54, 1.807) is 6.34 Å². The van der Waals surface area contributed by atoms with Crippen LogP contribution in [0.4, 0.5) is 0 Å². The van der Waals surface area contributed by atoms with Gasteiger partial charge in [-0.3, -0.25) is 15.8 Å². The highest BCUT2D eigenvalue weighted by molar-refractivity contribution is 7.80. The molecule has 0 fully saturated rings. The average Bonchev–Trinajstić information content (AvgIpc) is 2.86. The summed E-state index contributed by atoms with van der Waals surface area (Å²) in [4.78, 5) is 6.25. The zero-order valence-electron chi connectivity index (χ0n) is 9.54. The lowest BCUT2D eigenvalue weighted by Gasteiger charge is -2.18. The Bertz CT molecular complexity index is 474. The van der Waals surface area contributed by atoms with Crippen LogP contribution in [0.15, 0.2) is 35.3 Å². The minimum atomic E-state index is 0.107. The molecule has 5 nitrogen and oxygen atoms in total. The quantitative estimate of drug-likeness (QED) is 0.519. The molecule has 0 spiro atoms. The zero-order chi connectivity index (χ0) is 13.0. The van der Waals surface area contributed by atoms with Gasteiger partial charge in [-0.2, -0.15) is 0 Å². The maximum Gasteiger partial charge on any atom is 0.193 e. The maximum absolute atomic E-state index is 5.30. The second-order valence-electron chi connectivity index (χ2n) is 3.76. The first-order chi connectivity index (χ1) is 8.66. The Morgan fingerprint density at radius 2 is 2.00 bits per heavy atom. The third kappa shape index (κ3) is 3.14. The smallest absolute Gasteiger partial charge is 0.193 e. The van der Waals surface area contributed by atoms with E-state index >= 15 is 0 Å². The molecule has 2 rings (SSSR count). The molecule has 0 radical (unpaired) electrons. The van der Waals surface area contributed by atoms with Gasteiger partial charge in [-0.05, 0) is 30.0 Å².